The molecule has 5 heterocycles. The van der Waals surface area contributed by atoms with E-state index in [-0.39, 0.29) is 29.1 Å². The predicted octanol–water partition coefficient (Wildman–Crippen LogP) is 4.37. The number of benzene rings is 1. The number of carbonyl (C=O) groups is 2. The number of hydrogen-bond acceptors (Lipinski definition) is 5. The van der Waals surface area contributed by atoms with E-state index in [1.165, 1.54) is 17.4 Å². The summed E-state index contributed by atoms with van der Waals surface area (Å²) in [6.45, 7) is 7.77. The van der Waals surface area contributed by atoms with Crippen LogP contribution in [0.1, 0.15) is 52.3 Å². The normalized spacial score (nSPS) is 25.7. The van der Waals surface area contributed by atoms with Gasteiger partial charge in [0.25, 0.3) is 11.8 Å². The first-order valence-corrected chi connectivity index (χ1v) is 13.3. The molecule has 33 heavy (non-hydrogen) atoms. The van der Waals surface area contributed by atoms with Crippen LogP contribution in [-0.2, 0) is 6.42 Å². The average molecular weight is 582 g/mol. The van der Waals surface area contributed by atoms with E-state index in [2.05, 4.69) is 57.3 Å². The number of amides is 2. The smallest absolute Gasteiger partial charge is 0.261 e. The molecule has 0 spiro atoms. The van der Waals surface area contributed by atoms with Crippen LogP contribution in [0.25, 0.3) is 0 Å². The maximum atomic E-state index is 14.6. The number of nitrogens with zero attached hydrogens (tertiary/aromatic N) is 1. The van der Waals surface area contributed by atoms with Gasteiger partial charge in [-0.2, -0.15) is 0 Å². The highest BCUT2D eigenvalue weighted by atomic mass is 127. The molecule has 9 heteroatoms. The van der Waals surface area contributed by atoms with Crippen LogP contribution in [0.15, 0.2) is 18.2 Å². The molecule has 0 aliphatic carbocycles. The van der Waals surface area contributed by atoms with Crippen LogP contribution >= 0.6 is 33.9 Å². The number of fused-ring (bicyclic) bond motifs is 4. The van der Waals surface area contributed by atoms with Gasteiger partial charge in [0.05, 0.1) is 16.1 Å². The number of piperidine rings is 3. The second kappa shape index (κ2) is 8.81. The zero-order valence-electron chi connectivity index (χ0n) is 18.8. The molecule has 1 unspecified atom stereocenters. The Morgan fingerprint density at radius 3 is 2.73 bits per heavy atom. The standard InChI is InChI=1S/C24H28FIN4O2S/c1-24(2)10-15-19(21(31)28-18-11-30-7-5-13(18)6-8-30)23(33-20(15)22(32)27-12-24)29-17-4-3-14(26)9-16(17)25/h3-4,9,13,18,29H,5-8,10-12H2,1-2H3,(H,27,32)(H,28,31). The Kier molecular flexibility index (Phi) is 6.15. The summed E-state index contributed by atoms with van der Waals surface area (Å²) >= 11 is 3.30. The molecule has 4 aliphatic heterocycles. The van der Waals surface area contributed by atoms with E-state index in [0.717, 1.165) is 41.6 Å². The van der Waals surface area contributed by atoms with E-state index >= 15 is 0 Å². The summed E-state index contributed by atoms with van der Waals surface area (Å²) in [5, 5.41) is 9.92. The van der Waals surface area contributed by atoms with E-state index in [9.17, 15) is 14.0 Å². The summed E-state index contributed by atoms with van der Waals surface area (Å²) in [6.07, 6.45) is 2.79. The number of anilines is 2. The van der Waals surface area contributed by atoms with Crippen LogP contribution in [-0.4, -0.2) is 48.9 Å². The zero-order chi connectivity index (χ0) is 23.3. The van der Waals surface area contributed by atoms with E-state index < -0.39 is 0 Å². The molecule has 3 N–H and O–H groups in total. The van der Waals surface area contributed by atoms with Gasteiger partial charge in [0.1, 0.15) is 10.8 Å². The highest BCUT2D eigenvalue weighted by Crippen LogP contribution is 2.41. The molecule has 176 valence electrons. The molecule has 3 saturated heterocycles. The highest BCUT2D eigenvalue weighted by Gasteiger charge is 2.38. The molecular formula is C24H28FIN4O2S. The van der Waals surface area contributed by atoms with Crippen molar-refractivity contribution in [1.82, 2.24) is 15.5 Å². The maximum Gasteiger partial charge on any atom is 0.261 e. The summed E-state index contributed by atoms with van der Waals surface area (Å²) < 4.78 is 15.4. The van der Waals surface area contributed by atoms with Gasteiger partial charge in [0, 0.05) is 22.7 Å². The Bertz CT molecular complexity index is 1110. The van der Waals surface area contributed by atoms with Crippen molar-refractivity contribution in [3.8, 4) is 0 Å². The van der Waals surface area contributed by atoms with Gasteiger partial charge in [-0.15, -0.1) is 11.3 Å². The van der Waals surface area contributed by atoms with Crippen LogP contribution in [0.3, 0.4) is 0 Å². The Balaban J connectivity index is 1.53. The number of halogens is 2. The summed E-state index contributed by atoms with van der Waals surface area (Å²) in [4.78, 5) is 29.5. The second-order valence-electron chi connectivity index (χ2n) is 10.1. The molecule has 1 aromatic heterocycles. The summed E-state index contributed by atoms with van der Waals surface area (Å²) in [6, 6.07) is 5.03. The molecule has 2 aromatic rings. The monoisotopic (exact) mass is 582 g/mol. The molecule has 6 rings (SSSR count). The van der Waals surface area contributed by atoms with E-state index in [1.807, 2.05) is 6.07 Å². The van der Waals surface area contributed by atoms with Crippen LogP contribution in [0.2, 0.25) is 0 Å². The molecule has 2 bridgehead atoms. The fourth-order valence-corrected chi connectivity index (χ4v) is 6.77. The first-order valence-electron chi connectivity index (χ1n) is 11.4. The van der Waals surface area contributed by atoms with Crippen molar-refractivity contribution in [2.45, 2.75) is 39.2 Å². The lowest BCUT2D eigenvalue weighted by molar-refractivity contribution is 0.0620. The first kappa shape index (κ1) is 23.0. The van der Waals surface area contributed by atoms with E-state index in [4.69, 9.17) is 0 Å². The molecular weight excluding hydrogens is 554 g/mol. The lowest BCUT2D eigenvalue weighted by Gasteiger charge is -2.45. The van der Waals surface area contributed by atoms with Gasteiger partial charge in [-0.25, -0.2) is 4.39 Å². The molecule has 1 atom stereocenters. The van der Waals surface area contributed by atoms with Crippen molar-refractivity contribution in [2.75, 3.05) is 31.5 Å². The molecule has 0 saturated carbocycles. The predicted molar refractivity (Wildman–Crippen MR) is 137 cm³/mol. The van der Waals surface area contributed by atoms with Gasteiger partial charge in [-0.1, -0.05) is 13.8 Å². The highest BCUT2D eigenvalue weighted by molar-refractivity contribution is 14.1. The van der Waals surface area contributed by atoms with Gasteiger partial charge >= 0.3 is 0 Å². The Hall–Kier alpha value is -1.72. The molecule has 3 fully saturated rings. The van der Waals surface area contributed by atoms with Crippen molar-refractivity contribution < 1.29 is 14.0 Å². The second-order valence-corrected chi connectivity index (χ2v) is 12.4. The number of nitrogens with one attached hydrogen (secondary N) is 3. The van der Waals surface area contributed by atoms with E-state index in [0.29, 0.717) is 40.0 Å². The topological polar surface area (TPSA) is 73.5 Å². The fraction of sp³-hybridized carbons (Fsp3) is 0.500. The lowest BCUT2D eigenvalue weighted by atomic mass is 9.83. The van der Waals surface area contributed by atoms with Gasteiger partial charge < -0.3 is 20.9 Å². The molecule has 0 radical (unpaired) electrons. The lowest BCUT2D eigenvalue weighted by Crippen LogP contribution is -2.57. The zero-order valence-corrected chi connectivity index (χ0v) is 21.7. The van der Waals surface area contributed by atoms with Gasteiger partial charge in [-0.3, -0.25) is 9.59 Å². The number of carbonyl (C=O) groups excluding carboxylic acids is 2. The van der Waals surface area contributed by atoms with Gasteiger partial charge in [0.2, 0.25) is 0 Å². The number of rotatable bonds is 4. The minimum Gasteiger partial charge on any atom is -0.351 e. The fourth-order valence-electron chi connectivity index (χ4n) is 5.17. The van der Waals surface area contributed by atoms with Crippen molar-refractivity contribution >= 4 is 56.4 Å². The Labute approximate surface area is 210 Å². The van der Waals surface area contributed by atoms with Crippen molar-refractivity contribution in [2.24, 2.45) is 11.3 Å². The molecule has 4 aliphatic rings. The minimum atomic E-state index is -0.390. The Morgan fingerprint density at radius 2 is 2.06 bits per heavy atom. The largest absolute Gasteiger partial charge is 0.351 e. The third kappa shape index (κ3) is 4.64. The van der Waals surface area contributed by atoms with Crippen molar-refractivity contribution in [1.29, 1.82) is 0 Å². The average Bonchev–Trinajstić information content (AvgIpc) is 3.07. The Morgan fingerprint density at radius 1 is 1.30 bits per heavy atom. The van der Waals surface area contributed by atoms with Crippen LogP contribution in [0.4, 0.5) is 15.1 Å². The molecule has 2 amide bonds. The van der Waals surface area contributed by atoms with Crippen LogP contribution in [0, 0.1) is 20.7 Å². The summed E-state index contributed by atoms with van der Waals surface area (Å²) in [7, 11) is 0. The first-order chi connectivity index (χ1) is 15.7. The maximum absolute atomic E-state index is 14.6. The van der Waals surface area contributed by atoms with Crippen molar-refractivity contribution in [3.63, 3.8) is 0 Å². The minimum absolute atomic E-state index is 0.103. The quantitative estimate of drug-likeness (QED) is 0.469. The molecule has 6 nitrogen and oxygen atoms in total. The number of thiophene rings is 1. The summed E-state index contributed by atoms with van der Waals surface area (Å²) in [5.74, 6) is -0.251. The molecule has 1 aromatic carbocycles. The summed E-state index contributed by atoms with van der Waals surface area (Å²) in [5.41, 5.74) is 1.34. The van der Waals surface area contributed by atoms with Gasteiger partial charge in [-0.05, 0) is 90.0 Å². The number of hydrogen-bond donors (Lipinski definition) is 3. The third-order valence-electron chi connectivity index (χ3n) is 6.98. The third-order valence-corrected chi connectivity index (χ3v) is 8.79. The SMILES string of the molecule is CC1(C)CNC(=O)c2sc(Nc3ccc(I)cc3F)c(C(=O)NC3CN4CCC3CC4)c2C1. The van der Waals surface area contributed by atoms with Crippen LogP contribution < -0.4 is 16.0 Å². The van der Waals surface area contributed by atoms with E-state index in [1.54, 1.807) is 6.07 Å². The van der Waals surface area contributed by atoms with Gasteiger partial charge in [0.15, 0.2) is 0 Å². The van der Waals surface area contributed by atoms with Crippen LogP contribution in [0.5, 0.6) is 0 Å². The van der Waals surface area contributed by atoms with Crippen molar-refractivity contribution in [3.05, 3.63) is 43.6 Å².